The zero-order valence-electron chi connectivity index (χ0n) is 13.5. The molecule has 2 atom stereocenters. The van der Waals surface area contributed by atoms with Crippen LogP contribution in [0.15, 0.2) is 30.3 Å². The SMILES string of the molecule is O=C(N[C@@H](C(=O)O)c1ccccc1)C1CC(=O)N(C2CCCC2)C1. The third-order valence-corrected chi connectivity index (χ3v) is 4.96. The number of carboxylic acids is 1. The number of amides is 2. The molecule has 2 fully saturated rings. The van der Waals surface area contributed by atoms with E-state index in [0.717, 1.165) is 25.7 Å². The van der Waals surface area contributed by atoms with Gasteiger partial charge in [0, 0.05) is 19.0 Å². The van der Waals surface area contributed by atoms with Gasteiger partial charge in [0.1, 0.15) is 0 Å². The quantitative estimate of drug-likeness (QED) is 0.860. The van der Waals surface area contributed by atoms with Gasteiger partial charge in [0.25, 0.3) is 0 Å². The number of carbonyl (C=O) groups is 3. The Balaban J connectivity index is 1.65. The molecule has 128 valence electrons. The van der Waals surface area contributed by atoms with Crippen molar-refractivity contribution in [2.75, 3.05) is 6.54 Å². The zero-order valence-corrected chi connectivity index (χ0v) is 13.5. The van der Waals surface area contributed by atoms with E-state index < -0.39 is 17.9 Å². The molecule has 6 heteroatoms. The van der Waals surface area contributed by atoms with Gasteiger partial charge in [0.2, 0.25) is 11.8 Å². The minimum atomic E-state index is -1.11. The Hall–Kier alpha value is -2.37. The highest BCUT2D eigenvalue weighted by molar-refractivity contribution is 5.91. The lowest BCUT2D eigenvalue weighted by molar-refractivity contribution is -0.142. The first-order valence-corrected chi connectivity index (χ1v) is 8.44. The number of aliphatic carboxylic acids is 1. The Labute approximate surface area is 140 Å². The largest absolute Gasteiger partial charge is 0.479 e. The molecule has 1 heterocycles. The Kier molecular flexibility index (Phi) is 4.83. The highest BCUT2D eigenvalue weighted by atomic mass is 16.4. The van der Waals surface area contributed by atoms with E-state index in [0.29, 0.717) is 12.1 Å². The molecule has 1 unspecified atom stereocenters. The molecule has 1 aliphatic heterocycles. The van der Waals surface area contributed by atoms with Crippen molar-refractivity contribution in [1.29, 1.82) is 0 Å². The lowest BCUT2D eigenvalue weighted by Crippen LogP contribution is -2.40. The van der Waals surface area contributed by atoms with Crippen molar-refractivity contribution in [1.82, 2.24) is 10.2 Å². The molecule has 1 aromatic carbocycles. The second-order valence-electron chi connectivity index (χ2n) is 6.58. The molecule has 1 aromatic rings. The summed E-state index contributed by atoms with van der Waals surface area (Å²) in [5.74, 6) is -1.93. The van der Waals surface area contributed by atoms with Crippen LogP contribution in [-0.2, 0) is 14.4 Å². The van der Waals surface area contributed by atoms with Crippen LogP contribution >= 0.6 is 0 Å². The summed E-state index contributed by atoms with van der Waals surface area (Å²) in [6.45, 7) is 0.399. The minimum Gasteiger partial charge on any atom is -0.479 e. The van der Waals surface area contributed by atoms with Gasteiger partial charge in [-0.3, -0.25) is 9.59 Å². The molecule has 1 aliphatic carbocycles. The van der Waals surface area contributed by atoms with Crippen LogP contribution in [0.25, 0.3) is 0 Å². The average molecular weight is 330 g/mol. The summed E-state index contributed by atoms with van der Waals surface area (Å²) in [6, 6.07) is 7.76. The van der Waals surface area contributed by atoms with Crippen LogP contribution in [0.2, 0.25) is 0 Å². The normalized spacial score (nSPS) is 22.6. The molecule has 2 N–H and O–H groups in total. The number of rotatable bonds is 5. The van der Waals surface area contributed by atoms with Gasteiger partial charge in [-0.15, -0.1) is 0 Å². The smallest absolute Gasteiger partial charge is 0.330 e. The molecule has 24 heavy (non-hydrogen) atoms. The zero-order chi connectivity index (χ0) is 17.1. The number of benzene rings is 1. The van der Waals surface area contributed by atoms with Gasteiger partial charge >= 0.3 is 5.97 Å². The van der Waals surface area contributed by atoms with Crippen LogP contribution in [0.4, 0.5) is 0 Å². The molecule has 2 amide bonds. The van der Waals surface area contributed by atoms with Crippen molar-refractivity contribution in [3.8, 4) is 0 Å². The van der Waals surface area contributed by atoms with Crippen LogP contribution in [-0.4, -0.2) is 40.4 Å². The molecule has 0 aromatic heterocycles. The highest BCUT2D eigenvalue weighted by Gasteiger charge is 2.39. The number of carbonyl (C=O) groups excluding carboxylic acids is 2. The van der Waals surface area contributed by atoms with E-state index in [1.54, 1.807) is 30.3 Å². The maximum absolute atomic E-state index is 12.5. The van der Waals surface area contributed by atoms with E-state index in [1.807, 2.05) is 4.90 Å². The van der Waals surface area contributed by atoms with E-state index in [9.17, 15) is 19.5 Å². The van der Waals surface area contributed by atoms with Gasteiger partial charge in [-0.25, -0.2) is 4.79 Å². The number of nitrogens with zero attached hydrogens (tertiary/aromatic N) is 1. The molecule has 2 aliphatic rings. The van der Waals surface area contributed by atoms with E-state index in [4.69, 9.17) is 0 Å². The van der Waals surface area contributed by atoms with Crippen molar-refractivity contribution in [3.05, 3.63) is 35.9 Å². The first-order chi connectivity index (χ1) is 11.6. The Morgan fingerprint density at radius 1 is 1.17 bits per heavy atom. The van der Waals surface area contributed by atoms with Crippen molar-refractivity contribution >= 4 is 17.8 Å². The van der Waals surface area contributed by atoms with Gasteiger partial charge in [-0.05, 0) is 18.4 Å². The van der Waals surface area contributed by atoms with Crippen molar-refractivity contribution < 1.29 is 19.5 Å². The fourth-order valence-electron chi connectivity index (χ4n) is 3.67. The number of nitrogens with one attached hydrogen (secondary N) is 1. The van der Waals surface area contributed by atoms with Crippen LogP contribution in [0.5, 0.6) is 0 Å². The third-order valence-electron chi connectivity index (χ3n) is 4.96. The van der Waals surface area contributed by atoms with Crippen molar-refractivity contribution in [2.24, 2.45) is 5.92 Å². The van der Waals surface area contributed by atoms with Gasteiger partial charge < -0.3 is 15.3 Å². The summed E-state index contributed by atoms with van der Waals surface area (Å²) in [5, 5.41) is 12.0. The molecule has 0 spiro atoms. The number of hydrogen-bond donors (Lipinski definition) is 2. The predicted molar refractivity (Wildman–Crippen MR) is 87.0 cm³/mol. The summed E-state index contributed by atoms with van der Waals surface area (Å²) in [4.78, 5) is 38.0. The van der Waals surface area contributed by atoms with Crippen LogP contribution in [0, 0.1) is 5.92 Å². The first kappa shape index (κ1) is 16.5. The minimum absolute atomic E-state index is 0.00800. The fourth-order valence-corrected chi connectivity index (χ4v) is 3.67. The van der Waals surface area contributed by atoms with Crippen LogP contribution in [0.1, 0.15) is 43.7 Å². The molecular weight excluding hydrogens is 308 g/mol. The standard InChI is InChI=1S/C18H22N2O4/c21-15-10-13(11-20(15)14-8-4-5-9-14)17(22)19-16(18(23)24)12-6-2-1-3-7-12/h1-3,6-7,13-14,16H,4-5,8-11H2,(H,19,22)(H,23,24)/t13?,16-/m1/s1. The van der Waals surface area contributed by atoms with Crippen LogP contribution < -0.4 is 5.32 Å². The summed E-state index contributed by atoms with van der Waals surface area (Å²) in [5.41, 5.74) is 0.523. The maximum Gasteiger partial charge on any atom is 0.330 e. The van der Waals surface area contributed by atoms with E-state index in [1.165, 1.54) is 0 Å². The lowest BCUT2D eigenvalue weighted by atomic mass is 10.0. The fraction of sp³-hybridized carbons (Fsp3) is 0.500. The monoisotopic (exact) mass is 330 g/mol. The third kappa shape index (κ3) is 3.42. The van der Waals surface area contributed by atoms with Crippen molar-refractivity contribution in [3.63, 3.8) is 0 Å². The highest BCUT2D eigenvalue weighted by Crippen LogP contribution is 2.29. The summed E-state index contributed by atoms with van der Waals surface area (Å²) < 4.78 is 0. The van der Waals surface area contributed by atoms with E-state index in [2.05, 4.69) is 5.32 Å². The topological polar surface area (TPSA) is 86.7 Å². The van der Waals surface area contributed by atoms with Gasteiger partial charge in [-0.2, -0.15) is 0 Å². The van der Waals surface area contributed by atoms with Crippen LogP contribution in [0.3, 0.4) is 0 Å². The predicted octanol–water partition coefficient (Wildman–Crippen LogP) is 1.72. The van der Waals surface area contributed by atoms with Gasteiger partial charge in [0.05, 0.1) is 5.92 Å². The Morgan fingerprint density at radius 3 is 2.46 bits per heavy atom. The van der Waals surface area contributed by atoms with Gasteiger partial charge in [0.15, 0.2) is 6.04 Å². The maximum atomic E-state index is 12.5. The number of likely N-dealkylation sites (tertiary alicyclic amines) is 1. The summed E-state index contributed by atoms with van der Waals surface area (Å²) in [7, 11) is 0. The Bertz CT molecular complexity index is 625. The molecule has 0 bridgehead atoms. The first-order valence-electron chi connectivity index (χ1n) is 8.44. The second kappa shape index (κ2) is 7.03. The molecular formula is C18H22N2O4. The molecule has 1 saturated heterocycles. The van der Waals surface area contributed by atoms with Gasteiger partial charge in [-0.1, -0.05) is 43.2 Å². The lowest BCUT2D eigenvalue weighted by Gasteiger charge is -2.24. The number of carboxylic acid groups (broad SMARTS) is 1. The molecule has 6 nitrogen and oxygen atoms in total. The Morgan fingerprint density at radius 2 is 1.83 bits per heavy atom. The molecule has 3 rings (SSSR count). The summed E-state index contributed by atoms with van der Waals surface area (Å²) in [6.07, 6.45) is 4.42. The van der Waals surface area contributed by atoms with E-state index in [-0.39, 0.29) is 24.3 Å². The summed E-state index contributed by atoms with van der Waals surface area (Å²) >= 11 is 0. The second-order valence-corrected chi connectivity index (χ2v) is 6.58. The van der Waals surface area contributed by atoms with Crippen molar-refractivity contribution in [2.45, 2.75) is 44.2 Å². The number of hydrogen-bond acceptors (Lipinski definition) is 3. The van der Waals surface area contributed by atoms with E-state index >= 15 is 0 Å². The average Bonchev–Trinajstić information content (AvgIpc) is 3.22. The molecule has 0 radical (unpaired) electrons. The molecule has 1 saturated carbocycles.